The van der Waals surface area contributed by atoms with E-state index < -0.39 is 0 Å². The maximum atomic E-state index is 12.9. The number of benzene rings is 2. The van der Waals surface area contributed by atoms with Gasteiger partial charge in [-0.05, 0) is 24.6 Å². The Hall–Kier alpha value is -2.36. The van der Waals surface area contributed by atoms with Crippen LogP contribution >= 0.6 is 0 Å². The lowest BCUT2D eigenvalue weighted by molar-refractivity contribution is -0.123. The van der Waals surface area contributed by atoms with Crippen LogP contribution in [-0.2, 0) is 4.79 Å². The van der Waals surface area contributed by atoms with Crippen molar-refractivity contribution in [2.75, 3.05) is 6.61 Å². The highest BCUT2D eigenvalue weighted by atomic mass is 19.1. The van der Waals surface area contributed by atoms with Gasteiger partial charge in [0.1, 0.15) is 11.6 Å². The minimum Gasteiger partial charge on any atom is -0.484 e. The average molecular weight is 273 g/mol. The third-order valence-corrected chi connectivity index (χ3v) is 2.84. The van der Waals surface area contributed by atoms with Crippen LogP contribution in [0.2, 0.25) is 0 Å². The average Bonchev–Trinajstić information content (AvgIpc) is 2.46. The molecule has 0 spiro atoms. The minimum atomic E-state index is -0.388. The number of carbonyl (C=O) groups is 1. The molecule has 2 aromatic rings. The Morgan fingerprint density at radius 1 is 1.20 bits per heavy atom. The van der Waals surface area contributed by atoms with Gasteiger partial charge in [0.2, 0.25) is 0 Å². The van der Waals surface area contributed by atoms with Gasteiger partial charge in [-0.2, -0.15) is 0 Å². The topological polar surface area (TPSA) is 38.3 Å². The molecule has 2 aromatic carbocycles. The first-order chi connectivity index (χ1) is 9.65. The van der Waals surface area contributed by atoms with Crippen molar-refractivity contribution in [1.82, 2.24) is 5.32 Å². The monoisotopic (exact) mass is 273 g/mol. The van der Waals surface area contributed by atoms with Gasteiger partial charge in [0.15, 0.2) is 6.61 Å². The number of amides is 1. The number of halogens is 1. The van der Waals surface area contributed by atoms with Crippen molar-refractivity contribution in [2.45, 2.75) is 13.0 Å². The van der Waals surface area contributed by atoms with E-state index in [4.69, 9.17) is 4.74 Å². The summed E-state index contributed by atoms with van der Waals surface area (Å²) in [5.41, 5.74) is 1.02. The molecule has 0 aliphatic rings. The molecule has 1 N–H and O–H groups in total. The van der Waals surface area contributed by atoms with Crippen LogP contribution in [0.15, 0.2) is 54.6 Å². The van der Waals surface area contributed by atoms with E-state index in [0.717, 1.165) is 5.56 Å². The fourth-order valence-electron chi connectivity index (χ4n) is 1.81. The lowest BCUT2D eigenvalue weighted by atomic mass is 10.1. The molecule has 0 bridgehead atoms. The Labute approximate surface area is 117 Å². The molecule has 4 heteroatoms. The molecule has 0 aliphatic heterocycles. The van der Waals surface area contributed by atoms with Crippen LogP contribution in [0.1, 0.15) is 18.5 Å². The highest BCUT2D eigenvalue weighted by molar-refractivity contribution is 5.78. The number of ether oxygens (including phenoxy) is 1. The summed E-state index contributed by atoms with van der Waals surface area (Å²) in [6, 6.07) is 15.3. The van der Waals surface area contributed by atoms with Crippen LogP contribution in [0.5, 0.6) is 5.75 Å². The van der Waals surface area contributed by atoms with Crippen LogP contribution in [-0.4, -0.2) is 12.5 Å². The predicted octanol–water partition coefficient (Wildman–Crippen LogP) is 3.08. The molecule has 20 heavy (non-hydrogen) atoms. The molecular formula is C16H16FNO2. The SMILES string of the molecule is CC(NC(=O)COc1cccc(F)c1)c1ccccc1. The van der Waals surface area contributed by atoms with Crippen molar-refractivity contribution in [3.8, 4) is 5.75 Å². The fourth-order valence-corrected chi connectivity index (χ4v) is 1.81. The molecule has 104 valence electrons. The Balaban J connectivity index is 1.84. The van der Waals surface area contributed by atoms with E-state index in [2.05, 4.69) is 5.32 Å². The summed E-state index contributed by atoms with van der Waals surface area (Å²) in [7, 11) is 0. The van der Waals surface area contributed by atoms with E-state index in [9.17, 15) is 9.18 Å². The Kier molecular flexibility index (Phi) is 4.71. The second kappa shape index (κ2) is 6.70. The summed E-state index contributed by atoms with van der Waals surface area (Å²) in [6.45, 7) is 1.76. The van der Waals surface area contributed by atoms with Gasteiger partial charge in [-0.1, -0.05) is 36.4 Å². The first-order valence-corrected chi connectivity index (χ1v) is 6.38. The van der Waals surface area contributed by atoms with Crippen LogP contribution in [0.3, 0.4) is 0 Å². The summed E-state index contributed by atoms with van der Waals surface area (Å²) in [5.74, 6) is -0.293. The third kappa shape index (κ3) is 4.09. The standard InChI is InChI=1S/C16H16FNO2/c1-12(13-6-3-2-4-7-13)18-16(19)11-20-15-9-5-8-14(17)10-15/h2-10,12H,11H2,1H3,(H,18,19). The van der Waals surface area contributed by atoms with Crippen molar-refractivity contribution in [1.29, 1.82) is 0 Å². The Bertz CT molecular complexity index is 572. The minimum absolute atomic E-state index is 0.0974. The molecule has 1 atom stereocenters. The molecule has 2 rings (SSSR count). The van der Waals surface area contributed by atoms with Gasteiger partial charge in [-0.15, -0.1) is 0 Å². The van der Waals surface area contributed by atoms with E-state index in [1.807, 2.05) is 37.3 Å². The van der Waals surface area contributed by atoms with Gasteiger partial charge >= 0.3 is 0 Å². The van der Waals surface area contributed by atoms with Crippen LogP contribution in [0.4, 0.5) is 4.39 Å². The Morgan fingerprint density at radius 3 is 2.65 bits per heavy atom. The van der Waals surface area contributed by atoms with Crippen molar-refractivity contribution in [2.24, 2.45) is 0 Å². The maximum Gasteiger partial charge on any atom is 0.258 e. The van der Waals surface area contributed by atoms with Gasteiger partial charge in [-0.3, -0.25) is 4.79 Å². The highest BCUT2D eigenvalue weighted by Gasteiger charge is 2.09. The quantitative estimate of drug-likeness (QED) is 0.909. The molecule has 3 nitrogen and oxygen atoms in total. The first kappa shape index (κ1) is 14.1. The summed E-state index contributed by atoms with van der Waals surface area (Å²) in [6.07, 6.45) is 0. The van der Waals surface area contributed by atoms with Crippen molar-refractivity contribution < 1.29 is 13.9 Å². The number of rotatable bonds is 5. The largest absolute Gasteiger partial charge is 0.484 e. The van der Waals surface area contributed by atoms with Crippen LogP contribution in [0.25, 0.3) is 0 Å². The maximum absolute atomic E-state index is 12.9. The zero-order chi connectivity index (χ0) is 14.4. The van der Waals surface area contributed by atoms with E-state index in [1.54, 1.807) is 6.07 Å². The number of nitrogens with one attached hydrogen (secondary N) is 1. The van der Waals surface area contributed by atoms with Gasteiger partial charge in [0.25, 0.3) is 5.91 Å². The molecule has 1 amide bonds. The summed E-state index contributed by atoms with van der Waals surface area (Å²) in [4.78, 5) is 11.8. The highest BCUT2D eigenvalue weighted by Crippen LogP contribution is 2.13. The number of hydrogen-bond donors (Lipinski definition) is 1. The van der Waals surface area contributed by atoms with Gasteiger partial charge in [-0.25, -0.2) is 4.39 Å². The van der Waals surface area contributed by atoms with Gasteiger partial charge < -0.3 is 10.1 Å². The van der Waals surface area contributed by atoms with Crippen LogP contribution in [0, 0.1) is 5.82 Å². The molecule has 0 aromatic heterocycles. The first-order valence-electron chi connectivity index (χ1n) is 6.38. The van der Waals surface area contributed by atoms with Crippen molar-refractivity contribution >= 4 is 5.91 Å². The van der Waals surface area contributed by atoms with Crippen molar-refractivity contribution in [3.63, 3.8) is 0 Å². The molecule has 0 fully saturated rings. The molecule has 1 unspecified atom stereocenters. The molecule has 0 saturated carbocycles. The van der Waals surface area contributed by atoms with Crippen molar-refractivity contribution in [3.05, 3.63) is 66.0 Å². The lowest BCUT2D eigenvalue weighted by Crippen LogP contribution is -2.31. The molecule has 0 heterocycles. The molecule has 0 aliphatic carbocycles. The van der Waals surface area contributed by atoms with Crippen LogP contribution < -0.4 is 10.1 Å². The molecule has 0 saturated heterocycles. The van der Waals surface area contributed by atoms with Gasteiger partial charge in [0, 0.05) is 6.07 Å². The zero-order valence-corrected chi connectivity index (χ0v) is 11.2. The zero-order valence-electron chi connectivity index (χ0n) is 11.2. The number of carbonyl (C=O) groups excluding carboxylic acids is 1. The van der Waals surface area contributed by atoms with E-state index >= 15 is 0 Å². The van der Waals surface area contributed by atoms with E-state index in [0.29, 0.717) is 5.75 Å². The fraction of sp³-hybridized carbons (Fsp3) is 0.188. The summed E-state index contributed by atoms with van der Waals surface area (Å²) >= 11 is 0. The third-order valence-electron chi connectivity index (χ3n) is 2.84. The van der Waals surface area contributed by atoms with E-state index in [-0.39, 0.29) is 24.4 Å². The van der Waals surface area contributed by atoms with E-state index in [1.165, 1.54) is 18.2 Å². The normalized spacial score (nSPS) is 11.7. The molecule has 0 radical (unpaired) electrons. The second-order valence-corrected chi connectivity index (χ2v) is 4.45. The predicted molar refractivity (Wildman–Crippen MR) is 74.9 cm³/mol. The Morgan fingerprint density at radius 2 is 1.95 bits per heavy atom. The summed E-state index contributed by atoms with van der Waals surface area (Å²) < 4.78 is 18.2. The smallest absolute Gasteiger partial charge is 0.258 e. The molecular weight excluding hydrogens is 257 g/mol. The summed E-state index contributed by atoms with van der Waals surface area (Å²) in [5, 5.41) is 2.82. The second-order valence-electron chi connectivity index (χ2n) is 4.45. The lowest BCUT2D eigenvalue weighted by Gasteiger charge is -2.14. The van der Waals surface area contributed by atoms with Gasteiger partial charge in [0.05, 0.1) is 6.04 Å². The number of hydrogen-bond acceptors (Lipinski definition) is 2.